The summed E-state index contributed by atoms with van der Waals surface area (Å²) in [5.74, 6) is -0.826. The molecule has 4 nitrogen and oxygen atoms in total. The van der Waals surface area contributed by atoms with Crippen molar-refractivity contribution in [1.82, 2.24) is 0 Å². The molecule has 0 aliphatic heterocycles. The highest BCUT2D eigenvalue weighted by atomic mass is 35.7. The van der Waals surface area contributed by atoms with Crippen LogP contribution >= 0.6 is 10.7 Å². The van der Waals surface area contributed by atoms with E-state index in [2.05, 4.69) is 0 Å². The smallest absolute Gasteiger partial charge is 0.261 e. The van der Waals surface area contributed by atoms with Gasteiger partial charge < -0.3 is 9.47 Å². The van der Waals surface area contributed by atoms with Gasteiger partial charge in [0.1, 0.15) is 6.10 Å². The van der Waals surface area contributed by atoms with E-state index in [-0.39, 0.29) is 16.7 Å². The predicted octanol–water partition coefficient (Wildman–Crippen LogP) is 2.17. The van der Waals surface area contributed by atoms with E-state index >= 15 is 0 Å². The lowest BCUT2D eigenvalue weighted by molar-refractivity contribution is 0.0892. The number of methoxy groups -OCH3 is 1. The van der Waals surface area contributed by atoms with Crippen LogP contribution in [0.15, 0.2) is 23.1 Å². The molecule has 0 fully saturated rings. The monoisotopic (exact) mass is 282 g/mol. The van der Waals surface area contributed by atoms with E-state index in [9.17, 15) is 12.8 Å². The second kappa shape index (κ2) is 5.66. The zero-order valence-electron chi connectivity index (χ0n) is 9.31. The molecule has 0 N–H and O–H groups in total. The summed E-state index contributed by atoms with van der Waals surface area (Å²) in [5.41, 5.74) is 0. The summed E-state index contributed by atoms with van der Waals surface area (Å²) in [5, 5.41) is 0. The number of hydrogen-bond acceptors (Lipinski definition) is 4. The number of hydrogen-bond donors (Lipinski definition) is 0. The SMILES string of the molecule is COCC(C)Oc1ccc(S(=O)(=O)Cl)cc1F. The van der Waals surface area contributed by atoms with E-state index in [0.717, 1.165) is 6.07 Å². The first-order chi connectivity index (χ1) is 7.84. The predicted molar refractivity (Wildman–Crippen MR) is 61.4 cm³/mol. The van der Waals surface area contributed by atoms with Crippen molar-refractivity contribution < 1.29 is 22.3 Å². The van der Waals surface area contributed by atoms with Crippen molar-refractivity contribution in [2.75, 3.05) is 13.7 Å². The molecule has 0 aliphatic carbocycles. The molecule has 0 amide bonds. The highest BCUT2D eigenvalue weighted by Crippen LogP contribution is 2.23. The van der Waals surface area contributed by atoms with Gasteiger partial charge in [0.2, 0.25) is 0 Å². The molecule has 1 rings (SSSR count). The fourth-order valence-corrected chi connectivity index (χ4v) is 1.98. The molecule has 7 heteroatoms. The third-order valence-electron chi connectivity index (χ3n) is 1.91. The van der Waals surface area contributed by atoms with Gasteiger partial charge in [-0.25, -0.2) is 12.8 Å². The molecule has 0 aliphatic rings. The van der Waals surface area contributed by atoms with Crippen LogP contribution in [-0.2, 0) is 13.8 Å². The van der Waals surface area contributed by atoms with Gasteiger partial charge in [0.15, 0.2) is 11.6 Å². The van der Waals surface area contributed by atoms with Crippen LogP contribution in [-0.4, -0.2) is 28.2 Å². The number of rotatable bonds is 5. The van der Waals surface area contributed by atoms with Gasteiger partial charge in [-0.05, 0) is 25.1 Å². The minimum atomic E-state index is -3.93. The van der Waals surface area contributed by atoms with Crippen LogP contribution in [0.1, 0.15) is 6.92 Å². The molecule has 0 spiro atoms. The van der Waals surface area contributed by atoms with Crippen LogP contribution in [0.25, 0.3) is 0 Å². The molecule has 0 saturated carbocycles. The lowest BCUT2D eigenvalue weighted by atomic mass is 10.3. The van der Waals surface area contributed by atoms with Gasteiger partial charge in [-0.15, -0.1) is 0 Å². The van der Waals surface area contributed by atoms with Crippen LogP contribution in [0.2, 0.25) is 0 Å². The number of ether oxygens (including phenoxy) is 2. The fourth-order valence-electron chi connectivity index (χ4n) is 1.21. The maximum Gasteiger partial charge on any atom is 0.261 e. The topological polar surface area (TPSA) is 52.6 Å². The van der Waals surface area contributed by atoms with Crippen molar-refractivity contribution >= 4 is 19.7 Å². The van der Waals surface area contributed by atoms with Gasteiger partial charge >= 0.3 is 0 Å². The largest absolute Gasteiger partial charge is 0.485 e. The van der Waals surface area contributed by atoms with Crippen LogP contribution in [0.3, 0.4) is 0 Å². The molecule has 1 aromatic carbocycles. The van der Waals surface area contributed by atoms with Crippen molar-refractivity contribution in [3.63, 3.8) is 0 Å². The van der Waals surface area contributed by atoms with Crippen LogP contribution in [0.5, 0.6) is 5.75 Å². The molecular formula is C10H12ClFO4S. The third kappa shape index (κ3) is 4.14. The summed E-state index contributed by atoms with van der Waals surface area (Å²) in [6.45, 7) is 2.00. The lowest BCUT2D eigenvalue weighted by Crippen LogP contribution is -2.18. The Bertz CT molecular complexity index is 489. The molecule has 0 aromatic heterocycles. The molecule has 1 unspecified atom stereocenters. The molecular weight excluding hydrogens is 271 g/mol. The zero-order chi connectivity index (χ0) is 13.1. The van der Waals surface area contributed by atoms with Crippen LogP contribution in [0.4, 0.5) is 4.39 Å². The Morgan fingerprint density at radius 3 is 2.59 bits per heavy atom. The summed E-state index contributed by atoms with van der Waals surface area (Å²) in [4.78, 5) is -0.302. The summed E-state index contributed by atoms with van der Waals surface area (Å²) in [6.07, 6.45) is -0.340. The van der Waals surface area contributed by atoms with Gasteiger partial charge in [-0.1, -0.05) is 0 Å². The van der Waals surface area contributed by atoms with Gasteiger partial charge in [0, 0.05) is 17.8 Å². The Labute approximate surface area is 104 Å². The zero-order valence-corrected chi connectivity index (χ0v) is 10.9. The average molecular weight is 283 g/mol. The first-order valence-corrected chi connectivity index (χ1v) is 7.05. The van der Waals surface area contributed by atoms with Gasteiger partial charge in [-0.3, -0.25) is 0 Å². The van der Waals surface area contributed by atoms with Crippen molar-refractivity contribution in [1.29, 1.82) is 0 Å². The van der Waals surface area contributed by atoms with Crippen LogP contribution < -0.4 is 4.74 Å². The molecule has 0 radical (unpaired) electrons. The number of halogens is 2. The van der Waals surface area contributed by atoms with E-state index in [1.54, 1.807) is 6.92 Å². The quantitative estimate of drug-likeness (QED) is 0.777. The Morgan fingerprint density at radius 2 is 2.12 bits per heavy atom. The molecule has 1 atom stereocenters. The second-order valence-electron chi connectivity index (χ2n) is 3.41. The first kappa shape index (κ1) is 14.2. The van der Waals surface area contributed by atoms with Crippen molar-refractivity contribution in [2.45, 2.75) is 17.9 Å². The normalized spacial score (nSPS) is 13.4. The Balaban J connectivity index is 2.91. The van der Waals surface area contributed by atoms with Crippen molar-refractivity contribution in [3.8, 4) is 5.75 Å². The molecule has 17 heavy (non-hydrogen) atoms. The van der Waals surface area contributed by atoms with E-state index in [1.807, 2.05) is 0 Å². The second-order valence-corrected chi connectivity index (χ2v) is 5.98. The Kier molecular flexibility index (Phi) is 4.73. The van der Waals surface area contributed by atoms with E-state index in [0.29, 0.717) is 6.61 Å². The van der Waals surface area contributed by atoms with Gasteiger partial charge in [0.05, 0.1) is 11.5 Å². The summed E-state index contributed by atoms with van der Waals surface area (Å²) >= 11 is 0. The van der Waals surface area contributed by atoms with Crippen LogP contribution in [0, 0.1) is 5.82 Å². The van der Waals surface area contributed by atoms with E-state index < -0.39 is 14.9 Å². The minimum Gasteiger partial charge on any atom is -0.485 e. The minimum absolute atomic E-state index is 0.0429. The molecule has 0 saturated heterocycles. The summed E-state index contributed by atoms with van der Waals surface area (Å²) in [7, 11) is 2.65. The first-order valence-electron chi connectivity index (χ1n) is 4.74. The van der Waals surface area contributed by atoms with E-state index in [4.69, 9.17) is 20.2 Å². The highest BCUT2D eigenvalue weighted by Gasteiger charge is 2.15. The summed E-state index contributed by atoms with van der Waals surface area (Å²) < 4.78 is 45.5. The van der Waals surface area contributed by atoms with Gasteiger partial charge in [-0.2, -0.15) is 0 Å². The maximum absolute atomic E-state index is 13.5. The standard InChI is InChI=1S/C10H12ClFO4S/c1-7(6-15-2)16-10-4-3-8(5-9(10)12)17(11,13)14/h3-5,7H,6H2,1-2H3. The van der Waals surface area contributed by atoms with E-state index in [1.165, 1.54) is 19.2 Å². The third-order valence-corrected chi connectivity index (χ3v) is 3.27. The lowest BCUT2D eigenvalue weighted by Gasteiger charge is -2.14. The Morgan fingerprint density at radius 1 is 1.47 bits per heavy atom. The van der Waals surface area contributed by atoms with Crippen molar-refractivity contribution in [2.24, 2.45) is 0 Å². The molecule has 0 bridgehead atoms. The van der Waals surface area contributed by atoms with Crippen molar-refractivity contribution in [3.05, 3.63) is 24.0 Å². The number of benzene rings is 1. The molecule has 1 aromatic rings. The molecule has 0 heterocycles. The summed E-state index contributed by atoms with van der Waals surface area (Å²) in [6, 6.07) is 3.22. The Hall–Kier alpha value is -0.850. The maximum atomic E-state index is 13.5. The molecule has 96 valence electrons. The fraction of sp³-hybridized carbons (Fsp3) is 0.400. The highest BCUT2D eigenvalue weighted by molar-refractivity contribution is 8.13. The van der Waals surface area contributed by atoms with Gasteiger partial charge in [0.25, 0.3) is 9.05 Å². The average Bonchev–Trinajstić information content (AvgIpc) is 2.20.